The van der Waals surface area contributed by atoms with Gasteiger partial charge in [0.15, 0.2) is 9.84 Å². The molecule has 2 amide bonds. The minimum atomic E-state index is -2.99. The van der Waals surface area contributed by atoms with E-state index in [1.807, 2.05) is 0 Å². The summed E-state index contributed by atoms with van der Waals surface area (Å²) in [5.74, 6) is -0.386. The highest BCUT2D eigenvalue weighted by Gasteiger charge is 2.32. The Morgan fingerprint density at radius 1 is 1.44 bits per heavy atom. The van der Waals surface area contributed by atoms with Gasteiger partial charge in [-0.05, 0) is 6.42 Å². The number of carbonyl (C=O) groups is 2. The molecule has 1 fully saturated rings. The normalized spacial score (nSPS) is 22.8. The summed E-state index contributed by atoms with van der Waals surface area (Å²) in [5, 5.41) is 2.39. The lowest BCUT2D eigenvalue weighted by Crippen LogP contribution is -2.43. The molecule has 7 heteroatoms. The van der Waals surface area contributed by atoms with Crippen LogP contribution < -0.4 is 5.32 Å². The molecule has 16 heavy (non-hydrogen) atoms. The molecule has 1 aliphatic rings. The van der Waals surface area contributed by atoms with Gasteiger partial charge < -0.3 is 10.2 Å². The van der Waals surface area contributed by atoms with Crippen LogP contribution in [-0.2, 0) is 19.4 Å². The van der Waals surface area contributed by atoms with Crippen LogP contribution in [0.5, 0.6) is 0 Å². The van der Waals surface area contributed by atoms with Gasteiger partial charge in [-0.15, -0.1) is 0 Å². The van der Waals surface area contributed by atoms with Crippen LogP contribution >= 0.6 is 0 Å². The second kappa shape index (κ2) is 4.82. The molecule has 92 valence electrons. The maximum atomic E-state index is 11.6. The molecular weight excluding hydrogens is 232 g/mol. The first-order chi connectivity index (χ1) is 7.32. The molecule has 1 rings (SSSR count). The van der Waals surface area contributed by atoms with Crippen LogP contribution in [0.1, 0.15) is 13.3 Å². The quantitative estimate of drug-likeness (QED) is 0.677. The molecule has 0 radical (unpaired) electrons. The lowest BCUT2D eigenvalue weighted by Gasteiger charge is -2.23. The number of nitrogens with zero attached hydrogens (tertiary/aromatic N) is 1. The zero-order valence-corrected chi connectivity index (χ0v) is 10.2. The highest BCUT2D eigenvalue weighted by Crippen LogP contribution is 2.16. The Kier molecular flexibility index (Phi) is 3.90. The van der Waals surface area contributed by atoms with Gasteiger partial charge in [0.05, 0.1) is 18.1 Å². The molecule has 0 aliphatic carbocycles. The number of likely N-dealkylation sites (N-methyl/N-ethyl adjacent to an activating group) is 1. The largest absolute Gasteiger partial charge is 0.347 e. The van der Waals surface area contributed by atoms with Gasteiger partial charge in [0.1, 0.15) is 0 Å². The molecule has 0 spiro atoms. The minimum Gasteiger partial charge on any atom is -0.347 e. The molecular formula is C9H16N2O4S. The van der Waals surface area contributed by atoms with Crippen molar-refractivity contribution in [2.75, 3.05) is 25.1 Å². The highest BCUT2D eigenvalue weighted by atomic mass is 32.2. The van der Waals surface area contributed by atoms with E-state index in [4.69, 9.17) is 0 Å². The Labute approximate surface area is 94.9 Å². The molecule has 1 aliphatic heterocycles. The van der Waals surface area contributed by atoms with E-state index < -0.39 is 9.84 Å². The van der Waals surface area contributed by atoms with Crippen molar-refractivity contribution in [1.82, 2.24) is 10.2 Å². The van der Waals surface area contributed by atoms with Crippen molar-refractivity contribution >= 4 is 21.7 Å². The lowest BCUT2D eigenvalue weighted by atomic mass is 10.2. The third-order valence-electron chi connectivity index (χ3n) is 2.64. The highest BCUT2D eigenvalue weighted by molar-refractivity contribution is 7.91. The van der Waals surface area contributed by atoms with Gasteiger partial charge in [0, 0.05) is 20.0 Å². The van der Waals surface area contributed by atoms with E-state index in [9.17, 15) is 18.0 Å². The predicted octanol–water partition coefficient (Wildman–Crippen LogP) is -1.23. The SMILES string of the molecule is CC(=O)NCC(=O)N(C)C1CCS(=O)(=O)C1. The van der Waals surface area contributed by atoms with E-state index in [2.05, 4.69) is 5.32 Å². The summed E-state index contributed by atoms with van der Waals surface area (Å²) in [5.41, 5.74) is 0. The minimum absolute atomic E-state index is 0.0231. The summed E-state index contributed by atoms with van der Waals surface area (Å²) in [6.07, 6.45) is 0.477. The standard InChI is InChI=1S/C9H16N2O4S/c1-7(12)10-5-9(13)11(2)8-3-4-16(14,15)6-8/h8H,3-6H2,1-2H3,(H,10,12). The Bertz CT molecular complexity index is 390. The number of hydrogen-bond donors (Lipinski definition) is 1. The molecule has 0 saturated carbocycles. The summed E-state index contributed by atoms with van der Waals surface area (Å²) in [7, 11) is -1.42. The zero-order valence-electron chi connectivity index (χ0n) is 9.39. The topological polar surface area (TPSA) is 83.6 Å². The fourth-order valence-corrected chi connectivity index (χ4v) is 3.38. The second-order valence-electron chi connectivity index (χ2n) is 3.97. The van der Waals surface area contributed by atoms with Crippen LogP contribution in [0.25, 0.3) is 0 Å². The summed E-state index contributed by atoms with van der Waals surface area (Å²) in [6, 6.07) is -0.258. The van der Waals surface area contributed by atoms with Gasteiger partial charge in [-0.1, -0.05) is 0 Å². The molecule has 0 aromatic carbocycles. The molecule has 1 N–H and O–H groups in total. The number of nitrogens with one attached hydrogen (secondary N) is 1. The Hall–Kier alpha value is -1.11. The molecule has 1 heterocycles. The van der Waals surface area contributed by atoms with E-state index >= 15 is 0 Å². The smallest absolute Gasteiger partial charge is 0.241 e. The molecule has 1 atom stereocenters. The van der Waals surface area contributed by atoms with Crippen molar-refractivity contribution in [2.45, 2.75) is 19.4 Å². The maximum absolute atomic E-state index is 11.6. The molecule has 0 bridgehead atoms. The first-order valence-corrected chi connectivity index (χ1v) is 6.84. The average Bonchev–Trinajstić information content (AvgIpc) is 2.54. The van der Waals surface area contributed by atoms with Gasteiger partial charge in [-0.25, -0.2) is 8.42 Å². The van der Waals surface area contributed by atoms with Gasteiger partial charge in [0.2, 0.25) is 11.8 Å². The number of hydrogen-bond acceptors (Lipinski definition) is 4. The van der Waals surface area contributed by atoms with E-state index in [1.165, 1.54) is 11.8 Å². The van der Waals surface area contributed by atoms with E-state index in [0.29, 0.717) is 6.42 Å². The van der Waals surface area contributed by atoms with Crippen molar-refractivity contribution in [1.29, 1.82) is 0 Å². The van der Waals surface area contributed by atoms with Gasteiger partial charge in [0.25, 0.3) is 0 Å². The summed E-state index contributed by atoms with van der Waals surface area (Å²) >= 11 is 0. The molecule has 1 unspecified atom stereocenters. The van der Waals surface area contributed by atoms with Crippen molar-refractivity contribution in [3.63, 3.8) is 0 Å². The Morgan fingerprint density at radius 3 is 2.50 bits per heavy atom. The third-order valence-corrected chi connectivity index (χ3v) is 4.39. The summed E-state index contributed by atoms with van der Waals surface area (Å²) < 4.78 is 22.5. The molecule has 0 aromatic heterocycles. The fraction of sp³-hybridized carbons (Fsp3) is 0.778. The number of carbonyl (C=O) groups excluding carboxylic acids is 2. The number of amides is 2. The Morgan fingerprint density at radius 2 is 2.06 bits per heavy atom. The molecule has 0 aromatic rings. The van der Waals surface area contributed by atoms with Crippen molar-refractivity contribution in [3.05, 3.63) is 0 Å². The summed E-state index contributed by atoms with van der Waals surface area (Å²) in [4.78, 5) is 23.6. The zero-order chi connectivity index (χ0) is 12.3. The third kappa shape index (κ3) is 3.48. The van der Waals surface area contributed by atoms with Crippen LogP contribution in [0.15, 0.2) is 0 Å². The van der Waals surface area contributed by atoms with Crippen LogP contribution in [0.3, 0.4) is 0 Å². The van der Waals surface area contributed by atoms with Crippen molar-refractivity contribution < 1.29 is 18.0 Å². The van der Waals surface area contributed by atoms with E-state index in [0.717, 1.165) is 0 Å². The number of sulfone groups is 1. The lowest BCUT2D eigenvalue weighted by molar-refractivity contribution is -0.132. The average molecular weight is 248 g/mol. The van der Waals surface area contributed by atoms with Crippen LogP contribution in [0.4, 0.5) is 0 Å². The van der Waals surface area contributed by atoms with Gasteiger partial charge in [-0.2, -0.15) is 0 Å². The first kappa shape index (κ1) is 13.0. The van der Waals surface area contributed by atoms with Gasteiger partial charge in [-0.3, -0.25) is 9.59 Å². The fourth-order valence-electron chi connectivity index (χ4n) is 1.61. The second-order valence-corrected chi connectivity index (χ2v) is 6.20. The van der Waals surface area contributed by atoms with Gasteiger partial charge >= 0.3 is 0 Å². The van der Waals surface area contributed by atoms with Crippen LogP contribution in [0, 0.1) is 0 Å². The first-order valence-electron chi connectivity index (χ1n) is 5.02. The predicted molar refractivity (Wildman–Crippen MR) is 58.5 cm³/mol. The van der Waals surface area contributed by atoms with E-state index in [1.54, 1.807) is 7.05 Å². The van der Waals surface area contributed by atoms with Crippen molar-refractivity contribution in [2.24, 2.45) is 0 Å². The van der Waals surface area contributed by atoms with Crippen LogP contribution in [-0.4, -0.2) is 56.3 Å². The molecule has 1 saturated heterocycles. The Balaban J connectivity index is 2.49. The monoisotopic (exact) mass is 248 g/mol. The van der Waals surface area contributed by atoms with E-state index in [-0.39, 0.29) is 35.9 Å². The van der Waals surface area contributed by atoms with Crippen LogP contribution in [0.2, 0.25) is 0 Å². The maximum Gasteiger partial charge on any atom is 0.241 e. The summed E-state index contributed by atoms with van der Waals surface area (Å²) in [6.45, 7) is 1.25. The number of rotatable bonds is 3. The molecule has 6 nitrogen and oxygen atoms in total. The van der Waals surface area contributed by atoms with Crippen molar-refractivity contribution in [3.8, 4) is 0 Å².